The Labute approximate surface area is 111 Å². The zero-order chi connectivity index (χ0) is 13.8. The highest BCUT2D eigenvalue weighted by atomic mass is 16.3. The van der Waals surface area contributed by atoms with Crippen molar-refractivity contribution in [3.05, 3.63) is 35.4 Å². The first-order valence-corrected chi connectivity index (χ1v) is 6.81. The van der Waals surface area contributed by atoms with Gasteiger partial charge in [-0.15, -0.1) is 0 Å². The normalized spacial score (nSPS) is 15.4. The van der Waals surface area contributed by atoms with Gasteiger partial charge in [-0.3, -0.25) is 0 Å². The van der Waals surface area contributed by atoms with Crippen LogP contribution in [-0.2, 0) is 11.0 Å². The maximum absolute atomic E-state index is 10.4. The van der Waals surface area contributed by atoms with Crippen molar-refractivity contribution in [3.8, 4) is 0 Å². The van der Waals surface area contributed by atoms with Crippen LogP contribution >= 0.6 is 0 Å². The highest BCUT2D eigenvalue weighted by Crippen LogP contribution is 2.26. The minimum absolute atomic E-state index is 0.158. The molecule has 0 saturated carbocycles. The summed E-state index contributed by atoms with van der Waals surface area (Å²) in [6.45, 7) is 12.1. The van der Waals surface area contributed by atoms with Gasteiger partial charge in [0.15, 0.2) is 0 Å². The predicted octanol–water partition coefficient (Wildman–Crippen LogP) is 3.19. The van der Waals surface area contributed by atoms with Gasteiger partial charge >= 0.3 is 0 Å². The maximum atomic E-state index is 10.4. The Morgan fingerprint density at radius 2 is 1.50 bits per heavy atom. The Morgan fingerprint density at radius 3 is 1.94 bits per heavy atom. The number of aliphatic hydroxyl groups is 1. The fourth-order valence-electron chi connectivity index (χ4n) is 1.94. The maximum Gasteiger partial charge on any atom is 0.0992 e. The molecule has 0 spiro atoms. The van der Waals surface area contributed by atoms with Crippen molar-refractivity contribution in [2.75, 3.05) is 13.1 Å². The lowest BCUT2D eigenvalue weighted by molar-refractivity contribution is 0.0572. The summed E-state index contributed by atoms with van der Waals surface area (Å²) >= 11 is 0. The Morgan fingerprint density at radius 1 is 1.00 bits per heavy atom. The van der Waals surface area contributed by atoms with Crippen molar-refractivity contribution in [1.29, 1.82) is 0 Å². The van der Waals surface area contributed by atoms with Gasteiger partial charge in [0.05, 0.1) is 5.60 Å². The van der Waals surface area contributed by atoms with Crippen LogP contribution < -0.4 is 5.32 Å². The molecule has 0 amide bonds. The molecule has 1 aromatic carbocycles. The highest BCUT2D eigenvalue weighted by molar-refractivity contribution is 5.30. The molecule has 0 aromatic heterocycles. The van der Waals surface area contributed by atoms with Crippen LogP contribution in [0.1, 0.15) is 52.2 Å². The van der Waals surface area contributed by atoms with E-state index in [0.29, 0.717) is 6.54 Å². The van der Waals surface area contributed by atoms with Crippen LogP contribution in [0.15, 0.2) is 24.3 Å². The lowest BCUT2D eigenvalue weighted by Gasteiger charge is -2.26. The zero-order valence-corrected chi connectivity index (χ0v) is 12.4. The molecule has 0 fully saturated rings. The fraction of sp³-hybridized carbons (Fsp3) is 0.625. The second-order valence-electron chi connectivity index (χ2n) is 6.28. The minimum atomic E-state index is -0.800. The van der Waals surface area contributed by atoms with E-state index in [1.54, 1.807) is 0 Å². The molecule has 0 aliphatic heterocycles. The van der Waals surface area contributed by atoms with E-state index in [4.69, 9.17) is 0 Å². The van der Waals surface area contributed by atoms with E-state index in [1.165, 1.54) is 5.56 Å². The standard InChI is InChI=1S/C16H27NO/c1-6-11-17-12-16(5,18)14-9-7-13(8-10-14)15(2,3)4/h7-10,17-18H,6,11-12H2,1-5H3. The zero-order valence-electron chi connectivity index (χ0n) is 12.4. The topological polar surface area (TPSA) is 32.3 Å². The van der Waals surface area contributed by atoms with Gasteiger partial charge in [0.25, 0.3) is 0 Å². The molecular weight excluding hydrogens is 222 g/mol. The lowest BCUT2D eigenvalue weighted by Crippen LogP contribution is -2.35. The first kappa shape index (κ1) is 15.2. The van der Waals surface area contributed by atoms with Crippen molar-refractivity contribution in [1.82, 2.24) is 5.32 Å². The first-order valence-electron chi connectivity index (χ1n) is 6.81. The molecule has 1 aromatic rings. The van der Waals surface area contributed by atoms with Crippen molar-refractivity contribution < 1.29 is 5.11 Å². The van der Waals surface area contributed by atoms with Gasteiger partial charge in [-0.1, -0.05) is 52.0 Å². The van der Waals surface area contributed by atoms with Crippen molar-refractivity contribution in [2.24, 2.45) is 0 Å². The summed E-state index contributed by atoms with van der Waals surface area (Å²) in [4.78, 5) is 0. The lowest BCUT2D eigenvalue weighted by atomic mass is 9.85. The smallest absolute Gasteiger partial charge is 0.0992 e. The van der Waals surface area contributed by atoms with Crippen LogP contribution in [0.5, 0.6) is 0 Å². The summed E-state index contributed by atoms with van der Waals surface area (Å²) in [7, 11) is 0. The van der Waals surface area contributed by atoms with E-state index in [-0.39, 0.29) is 5.41 Å². The van der Waals surface area contributed by atoms with Gasteiger partial charge in [-0.05, 0) is 36.4 Å². The van der Waals surface area contributed by atoms with Gasteiger partial charge in [0.1, 0.15) is 0 Å². The van der Waals surface area contributed by atoms with E-state index < -0.39 is 5.60 Å². The molecule has 2 N–H and O–H groups in total. The van der Waals surface area contributed by atoms with Gasteiger partial charge in [0.2, 0.25) is 0 Å². The summed E-state index contributed by atoms with van der Waals surface area (Å²) in [6.07, 6.45) is 1.08. The molecule has 1 atom stereocenters. The van der Waals surface area contributed by atoms with Crippen LogP contribution in [0.4, 0.5) is 0 Å². The van der Waals surface area contributed by atoms with Crippen molar-refractivity contribution >= 4 is 0 Å². The number of hydrogen-bond donors (Lipinski definition) is 2. The van der Waals surface area contributed by atoms with Crippen molar-refractivity contribution in [2.45, 2.75) is 52.1 Å². The molecule has 1 rings (SSSR count). The largest absolute Gasteiger partial charge is 0.384 e. The summed E-state index contributed by atoms with van der Waals surface area (Å²) in [6, 6.07) is 8.30. The number of hydrogen-bond acceptors (Lipinski definition) is 2. The molecular formula is C16H27NO. The summed E-state index contributed by atoms with van der Waals surface area (Å²) < 4.78 is 0. The SMILES string of the molecule is CCCNCC(C)(O)c1ccc(C(C)(C)C)cc1. The molecule has 0 heterocycles. The fourth-order valence-corrected chi connectivity index (χ4v) is 1.94. The minimum Gasteiger partial charge on any atom is -0.384 e. The third-order valence-corrected chi connectivity index (χ3v) is 3.27. The van der Waals surface area contributed by atoms with E-state index in [9.17, 15) is 5.11 Å². The second kappa shape index (κ2) is 5.85. The van der Waals surface area contributed by atoms with Crippen LogP contribution in [0, 0.1) is 0 Å². The van der Waals surface area contributed by atoms with Crippen LogP contribution in [-0.4, -0.2) is 18.2 Å². The second-order valence-corrected chi connectivity index (χ2v) is 6.28. The van der Waals surface area contributed by atoms with Gasteiger partial charge in [-0.25, -0.2) is 0 Å². The summed E-state index contributed by atoms with van der Waals surface area (Å²) in [5.74, 6) is 0. The Hall–Kier alpha value is -0.860. The Kier molecular flexibility index (Phi) is 4.94. The Bertz CT molecular complexity index is 360. The highest BCUT2D eigenvalue weighted by Gasteiger charge is 2.23. The average Bonchev–Trinajstić information content (AvgIpc) is 2.28. The van der Waals surface area contributed by atoms with Crippen LogP contribution in [0.25, 0.3) is 0 Å². The molecule has 0 aliphatic carbocycles. The molecule has 2 heteroatoms. The molecule has 102 valence electrons. The van der Waals surface area contributed by atoms with E-state index >= 15 is 0 Å². The molecule has 1 unspecified atom stereocenters. The predicted molar refractivity (Wildman–Crippen MR) is 77.9 cm³/mol. The van der Waals surface area contributed by atoms with E-state index in [2.05, 4.69) is 45.1 Å². The number of rotatable bonds is 5. The first-order chi connectivity index (χ1) is 8.27. The molecule has 0 aliphatic rings. The van der Waals surface area contributed by atoms with E-state index in [1.807, 2.05) is 19.1 Å². The van der Waals surface area contributed by atoms with Crippen LogP contribution in [0.3, 0.4) is 0 Å². The molecule has 0 radical (unpaired) electrons. The third kappa shape index (κ3) is 4.11. The van der Waals surface area contributed by atoms with Gasteiger partial charge in [-0.2, -0.15) is 0 Å². The number of benzene rings is 1. The van der Waals surface area contributed by atoms with E-state index in [0.717, 1.165) is 18.5 Å². The average molecular weight is 249 g/mol. The summed E-state index contributed by atoms with van der Waals surface area (Å²) in [5.41, 5.74) is 1.62. The third-order valence-electron chi connectivity index (χ3n) is 3.27. The molecule has 18 heavy (non-hydrogen) atoms. The molecule has 0 bridgehead atoms. The quantitative estimate of drug-likeness (QED) is 0.786. The Balaban J connectivity index is 2.77. The van der Waals surface area contributed by atoms with Crippen molar-refractivity contribution in [3.63, 3.8) is 0 Å². The molecule has 2 nitrogen and oxygen atoms in total. The monoisotopic (exact) mass is 249 g/mol. The van der Waals surface area contributed by atoms with Gasteiger partial charge in [0, 0.05) is 6.54 Å². The summed E-state index contributed by atoms with van der Waals surface area (Å²) in [5, 5.41) is 13.7. The van der Waals surface area contributed by atoms with Crippen LogP contribution in [0.2, 0.25) is 0 Å². The number of nitrogens with one attached hydrogen (secondary N) is 1. The molecule has 0 saturated heterocycles. The van der Waals surface area contributed by atoms with Gasteiger partial charge < -0.3 is 10.4 Å².